The molecule has 0 aromatic carbocycles. The van der Waals surface area contributed by atoms with Crippen LogP contribution in [0.15, 0.2) is 6.20 Å². The topological polar surface area (TPSA) is 131 Å². The molecule has 1 fully saturated rings. The van der Waals surface area contributed by atoms with Crippen LogP contribution in [0.1, 0.15) is 36.2 Å². The highest BCUT2D eigenvalue weighted by Gasteiger charge is 2.28. The lowest BCUT2D eigenvalue weighted by Gasteiger charge is -2.27. The smallest absolute Gasteiger partial charge is 0.358 e. The Morgan fingerprint density at radius 3 is 2.57 bits per heavy atom. The molecule has 1 aromatic heterocycles. The molecule has 0 unspecified atom stereocenters. The van der Waals surface area contributed by atoms with Gasteiger partial charge in [-0.3, -0.25) is 9.59 Å². The van der Waals surface area contributed by atoms with Gasteiger partial charge < -0.3 is 15.7 Å². The van der Waals surface area contributed by atoms with Gasteiger partial charge >= 0.3 is 5.97 Å². The summed E-state index contributed by atoms with van der Waals surface area (Å²) in [6, 6.07) is 0.00691. The van der Waals surface area contributed by atoms with Crippen LogP contribution in [0.4, 0.5) is 0 Å². The van der Waals surface area contributed by atoms with Gasteiger partial charge in [-0.15, -0.1) is 5.10 Å². The number of aromatic carboxylic acids is 1. The molecule has 9 heteroatoms. The summed E-state index contributed by atoms with van der Waals surface area (Å²) in [4.78, 5) is 35.6. The van der Waals surface area contributed by atoms with Crippen molar-refractivity contribution < 1.29 is 19.5 Å². The molecular weight excluding hydrogens is 278 g/mol. The minimum absolute atomic E-state index is 0.00691. The van der Waals surface area contributed by atoms with Crippen LogP contribution in [0.3, 0.4) is 0 Å². The monoisotopic (exact) mass is 295 g/mol. The van der Waals surface area contributed by atoms with E-state index in [1.165, 1.54) is 11.1 Å². The quantitative estimate of drug-likeness (QED) is 0.708. The third-order valence-electron chi connectivity index (χ3n) is 3.47. The number of aromatic nitrogens is 3. The fourth-order valence-corrected chi connectivity index (χ4v) is 2.51. The maximum Gasteiger partial charge on any atom is 0.358 e. The summed E-state index contributed by atoms with van der Waals surface area (Å²) in [5.41, 5.74) is 4.96. The van der Waals surface area contributed by atoms with Gasteiger partial charge in [0.25, 0.3) is 0 Å². The highest BCUT2D eigenvalue weighted by atomic mass is 16.4. The Kier molecular flexibility index (Phi) is 4.51. The molecule has 2 rings (SSSR count). The van der Waals surface area contributed by atoms with Crippen LogP contribution in [0, 0.1) is 0 Å². The summed E-state index contributed by atoms with van der Waals surface area (Å²) in [6.45, 7) is -0.298. The number of rotatable bonds is 6. The van der Waals surface area contributed by atoms with E-state index in [9.17, 15) is 14.4 Å². The molecule has 1 saturated carbocycles. The summed E-state index contributed by atoms with van der Waals surface area (Å²) in [5, 5.41) is 15.8. The Bertz CT molecular complexity index is 550. The zero-order chi connectivity index (χ0) is 15.4. The van der Waals surface area contributed by atoms with Gasteiger partial charge in [0.2, 0.25) is 11.8 Å². The Balaban J connectivity index is 2.06. The first-order chi connectivity index (χ1) is 9.97. The zero-order valence-corrected chi connectivity index (χ0v) is 11.4. The summed E-state index contributed by atoms with van der Waals surface area (Å²) in [5.74, 6) is -2.10. The van der Waals surface area contributed by atoms with Gasteiger partial charge in [-0.25, -0.2) is 9.48 Å². The molecule has 2 amide bonds. The minimum Gasteiger partial charge on any atom is -0.476 e. The lowest BCUT2D eigenvalue weighted by Crippen LogP contribution is -2.45. The maximum atomic E-state index is 12.3. The van der Waals surface area contributed by atoms with Crippen molar-refractivity contribution >= 4 is 17.8 Å². The van der Waals surface area contributed by atoms with Gasteiger partial charge in [-0.05, 0) is 12.8 Å². The second-order valence-corrected chi connectivity index (χ2v) is 5.03. The van der Waals surface area contributed by atoms with Crippen molar-refractivity contribution in [2.24, 2.45) is 5.73 Å². The molecular formula is C12H17N5O4. The van der Waals surface area contributed by atoms with Crippen molar-refractivity contribution in [1.29, 1.82) is 0 Å². The first-order valence-corrected chi connectivity index (χ1v) is 6.68. The average molecular weight is 295 g/mol. The molecule has 3 N–H and O–H groups in total. The standard InChI is InChI=1S/C12H17N5O4/c13-10(18)6-17(8-3-1-2-4-8)11(19)7-16-5-9(12(20)21)14-15-16/h5,8H,1-4,6-7H2,(H2,13,18)(H,20,21). The molecule has 1 aromatic rings. The summed E-state index contributed by atoms with van der Waals surface area (Å²) < 4.78 is 1.15. The van der Waals surface area contributed by atoms with Crippen molar-refractivity contribution in [1.82, 2.24) is 19.9 Å². The number of amides is 2. The van der Waals surface area contributed by atoms with Gasteiger partial charge in [-0.2, -0.15) is 0 Å². The SMILES string of the molecule is NC(=O)CN(C(=O)Cn1cc(C(=O)O)nn1)C1CCCC1. The van der Waals surface area contributed by atoms with E-state index >= 15 is 0 Å². The third-order valence-corrected chi connectivity index (χ3v) is 3.47. The van der Waals surface area contributed by atoms with Crippen LogP contribution in [0.5, 0.6) is 0 Å². The molecule has 1 aliphatic rings. The number of nitrogens with two attached hydrogens (primary N) is 1. The highest BCUT2D eigenvalue weighted by molar-refractivity contribution is 5.85. The molecule has 0 bridgehead atoms. The molecule has 0 radical (unpaired) electrons. The van der Waals surface area contributed by atoms with Crippen LogP contribution < -0.4 is 5.73 Å². The first kappa shape index (κ1) is 14.9. The fourth-order valence-electron chi connectivity index (χ4n) is 2.51. The lowest BCUT2D eigenvalue weighted by molar-refractivity contribution is -0.138. The molecule has 114 valence electrons. The van der Waals surface area contributed by atoms with Crippen molar-refractivity contribution in [3.63, 3.8) is 0 Å². The Labute approximate surface area is 120 Å². The Morgan fingerprint density at radius 2 is 2.05 bits per heavy atom. The van der Waals surface area contributed by atoms with Crippen molar-refractivity contribution in [3.8, 4) is 0 Å². The Hall–Kier alpha value is -2.45. The number of hydrogen-bond acceptors (Lipinski definition) is 5. The molecule has 21 heavy (non-hydrogen) atoms. The van der Waals surface area contributed by atoms with Gasteiger partial charge in [0, 0.05) is 6.04 Å². The van der Waals surface area contributed by atoms with E-state index in [-0.39, 0.29) is 30.7 Å². The predicted molar refractivity (Wildman–Crippen MR) is 70.1 cm³/mol. The number of hydrogen-bond donors (Lipinski definition) is 2. The van der Waals surface area contributed by atoms with E-state index in [1.807, 2.05) is 0 Å². The molecule has 9 nitrogen and oxygen atoms in total. The van der Waals surface area contributed by atoms with E-state index in [1.54, 1.807) is 0 Å². The van der Waals surface area contributed by atoms with Crippen LogP contribution in [0.2, 0.25) is 0 Å². The van der Waals surface area contributed by atoms with E-state index < -0.39 is 11.9 Å². The fraction of sp³-hybridized carbons (Fsp3) is 0.583. The number of carbonyl (C=O) groups is 3. The maximum absolute atomic E-state index is 12.3. The number of primary amides is 1. The van der Waals surface area contributed by atoms with Crippen LogP contribution >= 0.6 is 0 Å². The van der Waals surface area contributed by atoms with E-state index in [0.717, 1.165) is 30.4 Å². The molecule has 1 heterocycles. The molecule has 0 atom stereocenters. The minimum atomic E-state index is -1.21. The van der Waals surface area contributed by atoms with Crippen molar-refractivity contribution in [2.45, 2.75) is 38.3 Å². The molecule has 0 saturated heterocycles. The largest absolute Gasteiger partial charge is 0.476 e. The summed E-state index contributed by atoms with van der Waals surface area (Å²) >= 11 is 0. The third kappa shape index (κ3) is 3.77. The Morgan fingerprint density at radius 1 is 1.38 bits per heavy atom. The summed E-state index contributed by atoms with van der Waals surface area (Å²) in [7, 11) is 0. The molecule has 0 spiro atoms. The first-order valence-electron chi connectivity index (χ1n) is 6.68. The average Bonchev–Trinajstić information content (AvgIpc) is 3.06. The number of nitrogens with zero attached hydrogens (tertiary/aromatic N) is 4. The van der Waals surface area contributed by atoms with Gasteiger partial charge in [0.05, 0.1) is 12.7 Å². The van der Waals surface area contributed by atoms with Gasteiger partial charge in [0.1, 0.15) is 6.54 Å². The van der Waals surface area contributed by atoms with E-state index in [0.29, 0.717) is 0 Å². The number of carbonyl (C=O) groups excluding carboxylic acids is 2. The van der Waals surface area contributed by atoms with E-state index in [4.69, 9.17) is 10.8 Å². The predicted octanol–water partition coefficient (Wildman–Crippen LogP) is -0.767. The lowest BCUT2D eigenvalue weighted by atomic mass is 10.2. The van der Waals surface area contributed by atoms with Crippen LogP contribution in [-0.4, -0.2) is 55.4 Å². The normalized spacial score (nSPS) is 15.0. The zero-order valence-electron chi connectivity index (χ0n) is 11.4. The van der Waals surface area contributed by atoms with Crippen molar-refractivity contribution in [2.75, 3.05) is 6.54 Å². The molecule has 0 aliphatic heterocycles. The highest BCUT2D eigenvalue weighted by Crippen LogP contribution is 2.23. The summed E-state index contributed by atoms with van der Waals surface area (Å²) in [6.07, 6.45) is 4.89. The molecule has 1 aliphatic carbocycles. The number of carboxylic acids is 1. The van der Waals surface area contributed by atoms with Crippen molar-refractivity contribution in [3.05, 3.63) is 11.9 Å². The van der Waals surface area contributed by atoms with E-state index in [2.05, 4.69) is 10.3 Å². The second kappa shape index (κ2) is 6.33. The second-order valence-electron chi connectivity index (χ2n) is 5.03. The number of carboxylic acid groups (broad SMARTS) is 1. The van der Waals surface area contributed by atoms with Crippen LogP contribution in [0.25, 0.3) is 0 Å². The van der Waals surface area contributed by atoms with Crippen LogP contribution in [-0.2, 0) is 16.1 Å². The van der Waals surface area contributed by atoms with Gasteiger partial charge in [-0.1, -0.05) is 18.1 Å². The van der Waals surface area contributed by atoms with Gasteiger partial charge in [0.15, 0.2) is 5.69 Å².